The minimum atomic E-state index is -5.19. The van der Waals surface area contributed by atoms with Crippen LogP contribution in [-0.4, -0.2) is 77.8 Å². The number of aliphatic carboxylic acids is 1. The molecule has 3 rings (SSSR count). The first-order valence-corrected chi connectivity index (χ1v) is 12.7. The number of carbonyl (C=O) groups excluding carboxylic acids is 2. The molecule has 0 fully saturated rings. The van der Waals surface area contributed by atoms with Crippen molar-refractivity contribution in [1.29, 1.82) is 0 Å². The lowest BCUT2D eigenvalue weighted by Crippen LogP contribution is -2.43. The van der Waals surface area contributed by atoms with Crippen LogP contribution in [0.5, 0.6) is 5.75 Å². The standard InChI is InChI=1S/C22H30ClN7O5.C2HF3O2/c1-3-29-16-12-14(33-2)4-5-15(16)30(6-8-34-10-11-35-9-7-31)17(29)13-26-22(32)18-20(24)28-21(25)19(23)27-18;3-2(4,5)1(6)7/h4-5,12,31H,3,6-11,13H2,1-2H3,(H4-,24,25,26,28,32);(H,6,7). The number of amides is 1. The van der Waals surface area contributed by atoms with Crippen molar-refractivity contribution in [3.05, 3.63) is 34.9 Å². The van der Waals surface area contributed by atoms with Crippen molar-refractivity contribution >= 4 is 46.1 Å². The number of benzene rings is 1. The summed E-state index contributed by atoms with van der Waals surface area (Å²) in [5.74, 6) is -2.10. The van der Waals surface area contributed by atoms with Gasteiger partial charge < -0.3 is 46.0 Å². The van der Waals surface area contributed by atoms with E-state index in [1.165, 1.54) is 0 Å². The predicted octanol–water partition coefficient (Wildman–Crippen LogP) is -0.181. The van der Waals surface area contributed by atoms with E-state index in [0.29, 0.717) is 32.9 Å². The van der Waals surface area contributed by atoms with Gasteiger partial charge in [-0.3, -0.25) is 4.79 Å². The Bertz CT molecular complexity index is 1370. The van der Waals surface area contributed by atoms with Crippen LogP contribution in [0.15, 0.2) is 18.2 Å². The number of hydrogen-bond acceptors (Lipinski definition) is 11. The molecule has 0 saturated carbocycles. The number of ether oxygens (including phenoxy) is 3. The first kappa shape index (κ1) is 34.3. The number of aliphatic hydroxyl groups excluding tert-OH is 1. The number of nitrogens with two attached hydrogens (primary N) is 2. The third-order valence-corrected chi connectivity index (χ3v) is 5.81. The number of methoxy groups -OCH3 is 1. The molecule has 0 saturated heterocycles. The molecule has 14 nitrogen and oxygen atoms in total. The van der Waals surface area contributed by atoms with Crippen molar-refractivity contribution in [3.63, 3.8) is 0 Å². The smallest absolute Gasteiger partial charge is 0.430 e. The van der Waals surface area contributed by atoms with E-state index in [1.807, 2.05) is 25.1 Å². The molecule has 3 aromatic rings. The second kappa shape index (κ2) is 15.9. The van der Waals surface area contributed by atoms with Gasteiger partial charge in [0.05, 0.1) is 46.7 Å². The maximum atomic E-state index is 12.8. The summed E-state index contributed by atoms with van der Waals surface area (Å²) >= 11 is 5.92. The summed E-state index contributed by atoms with van der Waals surface area (Å²) in [5, 5.41) is 20.3. The minimum Gasteiger partial charge on any atom is -0.542 e. The highest BCUT2D eigenvalue weighted by molar-refractivity contribution is 6.31. The van der Waals surface area contributed by atoms with Gasteiger partial charge in [0, 0.05) is 6.07 Å². The molecular weight excluding hydrogens is 591 g/mol. The molecule has 42 heavy (non-hydrogen) atoms. The lowest BCUT2D eigenvalue weighted by atomic mass is 10.3. The molecule has 0 spiro atoms. The highest BCUT2D eigenvalue weighted by atomic mass is 35.5. The number of carbonyl (C=O) groups is 2. The quantitative estimate of drug-likeness (QED) is 0.146. The molecule has 0 bridgehead atoms. The van der Waals surface area contributed by atoms with Crippen LogP contribution in [0.4, 0.5) is 24.8 Å². The van der Waals surface area contributed by atoms with Gasteiger partial charge in [0.15, 0.2) is 33.5 Å². The second-order valence-electron chi connectivity index (χ2n) is 8.22. The number of hydrogen-bond donors (Lipinski definition) is 4. The molecule has 0 aliphatic heterocycles. The Hall–Kier alpha value is -3.93. The van der Waals surface area contributed by atoms with E-state index in [0.717, 1.165) is 22.6 Å². The minimum absolute atomic E-state index is 0.0231. The number of aryl methyl sites for hydroxylation is 1. The molecule has 0 radical (unpaired) electrons. The van der Waals surface area contributed by atoms with E-state index in [2.05, 4.69) is 24.4 Å². The number of carboxylic acids is 1. The lowest BCUT2D eigenvalue weighted by Gasteiger charge is -2.09. The van der Waals surface area contributed by atoms with Gasteiger partial charge in [0.1, 0.15) is 24.8 Å². The SMILES string of the molecule is CCn1c(CNC(=O)c2nc(Cl)c(N)nc2N)[n+](CCOCCOCCO)c2ccc(OC)cc21.O=C([O-])C(F)(F)F. The number of anilines is 2. The molecule has 0 aliphatic carbocycles. The van der Waals surface area contributed by atoms with E-state index >= 15 is 0 Å². The summed E-state index contributed by atoms with van der Waals surface area (Å²) in [6.07, 6.45) is -5.19. The average Bonchev–Trinajstić information content (AvgIpc) is 3.24. The summed E-state index contributed by atoms with van der Waals surface area (Å²) in [6.45, 7) is 4.89. The Morgan fingerprint density at radius 1 is 1.14 bits per heavy atom. The number of aromatic nitrogens is 4. The van der Waals surface area contributed by atoms with E-state index in [9.17, 15) is 18.0 Å². The Labute approximate surface area is 242 Å². The molecule has 2 heterocycles. The van der Waals surface area contributed by atoms with Gasteiger partial charge in [0.25, 0.3) is 11.7 Å². The molecule has 0 unspecified atom stereocenters. The van der Waals surface area contributed by atoms with Crippen LogP contribution in [0.2, 0.25) is 5.15 Å². The van der Waals surface area contributed by atoms with Gasteiger partial charge >= 0.3 is 6.18 Å². The fourth-order valence-corrected chi connectivity index (χ4v) is 3.81. The van der Waals surface area contributed by atoms with E-state index in [-0.39, 0.29) is 42.2 Å². The number of rotatable bonds is 13. The van der Waals surface area contributed by atoms with Crippen LogP contribution in [0.25, 0.3) is 11.0 Å². The number of fused-ring (bicyclic) bond motifs is 1. The zero-order valence-corrected chi connectivity index (χ0v) is 23.5. The number of carboxylic acid groups (broad SMARTS) is 1. The maximum absolute atomic E-state index is 12.8. The van der Waals surface area contributed by atoms with Gasteiger partial charge in [-0.25, -0.2) is 19.1 Å². The van der Waals surface area contributed by atoms with Crippen molar-refractivity contribution in [2.45, 2.75) is 32.7 Å². The monoisotopic (exact) mass is 621 g/mol. The van der Waals surface area contributed by atoms with Gasteiger partial charge in [0.2, 0.25) is 0 Å². The zero-order valence-electron chi connectivity index (χ0n) is 22.7. The molecular formula is C24H31ClF3N7O7. The summed E-state index contributed by atoms with van der Waals surface area (Å²) in [4.78, 5) is 29.4. The Balaban J connectivity index is 0.000000782. The van der Waals surface area contributed by atoms with E-state index in [1.54, 1.807) is 7.11 Å². The molecule has 1 aromatic carbocycles. The van der Waals surface area contributed by atoms with E-state index in [4.69, 9.17) is 52.3 Å². The molecule has 18 heteroatoms. The highest BCUT2D eigenvalue weighted by Gasteiger charge is 2.29. The topological polar surface area (TPSA) is 204 Å². The number of nitrogen functional groups attached to an aromatic ring is 2. The van der Waals surface area contributed by atoms with Gasteiger partial charge in [-0.1, -0.05) is 11.6 Å². The zero-order chi connectivity index (χ0) is 31.4. The number of alkyl halides is 3. The average molecular weight is 622 g/mol. The van der Waals surface area contributed by atoms with Crippen molar-refractivity contribution < 1.29 is 51.8 Å². The number of nitrogens with one attached hydrogen (secondary N) is 1. The van der Waals surface area contributed by atoms with Crippen molar-refractivity contribution in [2.24, 2.45) is 0 Å². The van der Waals surface area contributed by atoms with Crippen LogP contribution in [0.1, 0.15) is 23.2 Å². The number of nitrogens with zero attached hydrogens (tertiary/aromatic N) is 4. The van der Waals surface area contributed by atoms with Gasteiger partial charge in [-0.05, 0) is 19.1 Å². The third-order valence-electron chi connectivity index (χ3n) is 5.53. The Kier molecular flexibility index (Phi) is 13.0. The third kappa shape index (κ3) is 9.30. The van der Waals surface area contributed by atoms with Gasteiger partial charge in [-0.2, -0.15) is 13.2 Å². The number of imidazole rings is 1. The Morgan fingerprint density at radius 2 is 1.79 bits per heavy atom. The number of aliphatic hydroxyl groups is 1. The maximum Gasteiger partial charge on any atom is 0.430 e. The molecule has 1 amide bonds. The summed E-state index contributed by atoms with van der Waals surface area (Å²) < 4.78 is 52.1. The fourth-order valence-electron chi connectivity index (χ4n) is 3.69. The van der Waals surface area contributed by atoms with Crippen LogP contribution >= 0.6 is 11.6 Å². The van der Waals surface area contributed by atoms with Crippen molar-refractivity contribution in [2.75, 3.05) is 51.6 Å². The largest absolute Gasteiger partial charge is 0.542 e. The van der Waals surface area contributed by atoms with Crippen molar-refractivity contribution in [1.82, 2.24) is 19.9 Å². The van der Waals surface area contributed by atoms with Crippen LogP contribution in [-0.2, 0) is 33.9 Å². The first-order chi connectivity index (χ1) is 19.8. The lowest BCUT2D eigenvalue weighted by molar-refractivity contribution is -0.681. The fraction of sp³-hybridized carbons (Fsp3) is 0.458. The predicted molar refractivity (Wildman–Crippen MR) is 141 cm³/mol. The molecule has 0 aliphatic rings. The van der Waals surface area contributed by atoms with Crippen LogP contribution in [0, 0.1) is 0 Å². The second-order valence-corrected chi connectivity index (χ2v) is 8.57. The number of halogens is 4. The summed E-state index contributed by atoms with van der Waals surface area (Å²) in [7, 11) is 1.62. The summed E-state index contributed by atoms with van der Waals surface area (Å²) in [6, 6.07) is 5.81. The Morgan fingerprint density at radius 3 is 2.36 bits per heavy atom. The van der Waals surface area contributed by atoms with Crippen LogP contribution < -0.4 is 31.2 Å². The summed E-state index contributed by atoms with van der Waals surface area (Å²) in [5.41, 5.74) is 13.3. The first-order valence-electron chi connectivity index (χ1n) is 12.4. The molecule has 6 N–H and O–H groups in total. The molecule has 0 atom stereocenters. The van der Waals surface area contributed by atoms with E-state index < -0.39 is 18.1 Å². The van der Waals surface area contributed by atoms with Gasteiger partial charge in [-0.15, -0.1) is 0 Å². The normalized spacial score (nSPS) is 11.2. The van der Waals surface area contributed by atoms with Crippen molar-refractivity contribution in [3.8, 4) is 5.75 Å². The van der Waals surface area contributed by atoms with Crippen LogP contribution in [0.3, 0.4) is 0 Å². The molecule has 2 aromatic heterocycles. The molecule has 232 valence electrons. The highest BCUT2D eigenvalue weighted by Crippen LogP contribution is 2.22.